The SMILES string of the molecule is CNCc1ncc(C(=O)Nc2cn[nH]c2-c2ccccn2)cn1. The molecule has 23 heavy (non-hydrogen) atoms. The van der Waals surface area contributed by atoms with Crippen LogP contribution in [-0.4, -0.2) is 38.1 Å². The van der Waals surface area contributed by atoms with Crippen LogP contribution in [0.3, 0.4) is 0 Å². The summed E-state index contributed by atoms with van der Waals surface area (Å²) >= 11 is 0. The van der Waals surface area contributed by atoms with E-state index in [2.05, 4.69) is 35.8 Å². The minimum Gasteiger partial charge on any atom is -0.319 e. The van der Waals surface area contributed by atoms with Gasteiger partial charge in [-0.15, -0.1) is 0 Å². The second-order valence-electron chi connectivity index (χ2n) is 4.75. The van der Waals surface area contributed by atoms with E-state index in [1.54, 1.807) is 6.20 Å². The second kappa shape index (κ2) is 6.75. The molecule has 0 unspecified atom stereocenters. The Kier molecular flexibility index (Phi) is 4.34. The van der Waals surface area contributed by atoms with E-state index in [1.165, 1.54) is 18.6 Å². The third-order valence-electron chi connectivity index (χ3n) is 3.11. The van der Waals surface area contributed by atoms with Crippen molar-refractivity contribution >= 4 is 11.6 Å². The lowest BCUT2D eigenvalue weighted by molar-refractivity contribution is 0.102. The van der Waals surface area contributed by atoms with Crippen LogP contribution in [0.1, 0.15) is 16.2 Å². The number of pyridine rings is 1. The summed E-state index contributed by atoms with van der Waals surface area (Å²) in [4.78, 5) is 24.8. The Balaban J connectivity index is 1.77. The molecule has 0 aliphatic carbocycles. The number of aromatic nitrogens is 5. The van der Waals surface area contributed by atoms with Crippen molar-refractivity contribution in [3.8, 4) is 11.4 Å². The highest BCUT2D eigenvalue weighted by atomic mass is 16.1. The molecule has 0 fully saturated rings. The van der Waals surface area contributed by atoms with Gasteiger partial charge in [-0.05, 0) is 19.2 Å². The molecule has 0 radical (unpaired) electrons. The molecule has 3 N–H and O–H groups in total. The largest absolute Gasteiger partial charge is 0.319 e. The van der Waals surface area contributed by atoms with Crippen molar-refractivity contribution in [1.29, 1.82) is 0 Å². The summed E-state index contributed by atoms with van der Waals surface area (Å²) in [7, 11) is 1.81. The van der Waals surface area contributed by atoms with Gasteiger partial charge >= 0.3 is 0 Å². The molecule has 0 spiro atoms. The number of nitrogens with zero attached hydrogens (tertiary/aromatic N) is 4. The first-order valence-corrected chi connectivity index (χ1v) is 6.99. The van der Waals surface area contributed by atoms with Crippen molar-refractivity contribution in [2.24, 2.45) is 0 Å². The van der Waals surface area contributed by atoms with Crippen LogP contribution in [-0.2, 0) is 6.54 Å². The number of hydrogen-bond donors (Lipinski definition) is 3. The topological polar surface area (TPSA) is 108 Å². The monoisotopic (exact) mass is 309 g/mol. The Morgan fingerprint density at radius 1 is 1.17 bits per heavy atom. The Hall–Kier alpha value is -3.13. The highest BCUT2D eigenvalue weighted by molar-refractivity contribution is 6.05. The molecule has 3 rings (SSSR count). The zero-order valence-electron chi connectivity index (χ0n) is 12.4. The van der Waals surface area contributed by atoms with E-state index in [0.29, 0.717) is 35.0 Å². The minimum atomic E-state index is -0.306. The lowest BCUT2D eigenvalue weighted by Crippen LogP contribution is -2.15. The lowest BCUT2D eigenvalue weighted by atomic mass is 10.2. The first kappa shape index (κ1) is 14.8. The summed E-state index contributed by atoms with van der Waals surface area (Å²) in [6, 6.07) is 5.52. The molecule has 0 aliphatic rings. The number of anilines is 1. The van der Waals surface area contributed by atoms with Gasteiger partial charge in [0.15, 0.2) is 0 Å². The predicted octanol–water partition coefficient (Wildman–Crippen LogP) is 1.23. The number of amides is 1. The number of H-pyrrole nitrogens is 1. The molecule has 0 aromatic carbocycles. The number of carbonyl (C=O) groups excluding carboxylic acids is 1. The summed E-state index contributed by atoms with van der Waals surface area (Å²) in [6.45, 7) is 0.549. The van der Waals surface area contributed by atoms with Crippen LogP contribution >= 0.6 is 0 Å². The first-order valence-electron chi connectivity index (χ1n) is 6.99. The summed E-state index contributed by atoms with van der Waals surface area (Å²) in [5.41, 5.74) is 2.26. The fourth-order valence-electron chi connectivity index (χ4n) is 2.00. The zero-order chi connectivity index (χ0) is 16.1. The fourth-order valence-corrected chi connectivity index (χ4v) is 2.00. The van der Waals surface area contributed by atoms with E-state index >= 15 is 0 Å². The van der Waals surface area contributed by atoms with Gasteiger partial charge in [0, 0.05) is 18.6 Å². The van der Waals surface area contributed by atoms with E-state index in [9.17, 15) is 4.79 Å². The molecule has 3 aromatic rings. The quantitative estimate of drug-likeness (QED) is 0.654. The van der Waals surface area contributed by atoms with Gasteiger partial charge in [0.05, 0.1) is 29.7 Å². The Morgan fingerprint density at radius 3 is 2.70 bits per heavy atom. The van der Waals surface area contributed by atoms with E-state index in [1.807, 2.05) is 25.2 Å². The van der Waals surface area contributed by atoms with Crippen molar-refractivity contribution < 1.29 is 4.79 Å². The van der Waals surface area contributed by atoms with Crippen molar-refractivity contribution in [3.05, 3.63) is 54.4 Å². The first-order chi connectivity index (χ1) is 11.3. The van der Waals surface area contributed by atoms with Gasteiger partial charge in [-0.3, -0.25) is 14.9 Å². The van der Waals surface area contributed by atoms with Crippen LogP contribution in [0, 0.1) is 0 Å². The molecular weight excluding hydrogens is 294 g/mol. The maximum Gasteiger partial charge on any atom is 0.258 e. The van der Waals surface area contributed by atoms with E-state index in [-0.39, 0.29) is 5.91 Å². The average Bonchev–Trinajstić information content (AvgIpc) is 3.05. The molecule has 0 atom stereocenters. The summed E-state index contributed by atoms with van der Waals surface area (Å²) < 4.78 is 0. The van der Waals surface area contributed by atoms with Crippen molar-refractivity contribution in [3.63, 3.8) is 0 Å². The smallest absolute Gasteiger partial charge is 0.258 e. The number of nitrogens with one attached hydrogen (secondary N) is 3. The summed E-state index contributed by atoms with van der Waals surface area (Å²) in [5, 5.41) is 12.5. The van der Waals surface area contributed by atoms with Gasteiger partial charge < -0.3 is 10.6 Å². The van der Waals surface area contributed by atoms with Gasteiger partial charge in [0.25, 0.3) is 5.91 Å². The number of aromatic amines is 1. The number of carbonyl (C=O) groups is 1. The maximum atomic E-state index is 12.3. The molecular formula is C15H15N7O. The third kappa shape index (κ3) is 3.38. The molecule has 8 nitrogen and oxygen atoms in total. The van der Waals surface area contributed by atoms with Gasteiger partial charge in [-0.25, -0.2) is 9.97 Å². The standard InChI is InChI=1S/C15H15N7O/c1-16-9-13-18-6-10(7-19-13)15(23)21-12-8-20-22-14(12)11-4-2-3-5-17-11/h2-8,16H,9H2,1H3,(H,20,22)(H,21,23). The average molecular weight is 309 g/mol. The van der Waals surface area contributed by atoms with E-state index < -0.39 is 0 Å². The molecule has 3 heterocycles. The Bertz CT molecular complexity index is 783. The van der Waals surface area contributed by atoms with Crippen molar-refractivity contribution in [2.75, 3.05) is 12.4 Å². The molecule has 8 heteroatoms. The van der Waals surface area contributed by atoms with Crippen LogP contribution in [0.4, 0.5) is 5.69 Å². The lowest BCUT2D eigenvalue weighted by Gasteiger charge is -2.06. The van der Waals surface area contributed by atoms with Crippen molar-refractivity contribution in [2.45, 2.75) is 6.54 Å². The zero-order valence-corrected chi connectivity index (χ0v) is 12.4. The van der Waals surface area contributed by atoms with E-state index in [4.69, 9.17) is 0 Å². The normalized spacial score (nSPS) is 10.5. The molecule has 0 saturated heterocycles. The third-order valence-corrected chi connectivity index (χ3v) is 3.11. The van der Waals surface area contributed by atoms with Gasteiger partial charge in [-0.2, -0.15) is 5.10 Å². The van der Waals surface area contributed by atoms with Crippen LogP contribution in [0.25, 0.3) is 11.4 Å². The summed E-state index contributed by atoms with van der Waals surface area (Å²) in [5.74, 6) is 0.320. The Labute approximate surface area is 132 Å². The molecule has 0 saturated carbocycles. The van der Waals surface area contributed by atoms with Gasteiger partial charge in [0.2, 0.25) is 0 Å². The van der Waals surface area contributed by atoms with Crippen LogP contribution in [0.2, 0.25) is 0 Å². The molecule has 3 aromatic heterocycles. The predicted molar refractivity (Wildman–Crippen MR) is 84.6 cm³/mol. The van der Waals surface area contributed by atoms with E-state index in [0.717, 1.165) is 0 Å². The maximum absolute atomic E-state index is 12.3. The van der Waals surface area contributed by atoms with Crippen molar-refractivity contribution in [1.82, 2.24) is 30.5 Å². The van der Waals surface area contributed by atoms with Gasteiger partial charge in [-0.1, -0.05) is 6.07 Å². The molecule has 116 valence electrons. The highest BCUT2D eigenvalue weighted by Crippen LogP contribution is 2.23. The minimum absolute atomic E-state index is 0.306. The Morgan fingerprint density at radius 2 is 2.00 bits per heavy atom. The molecule has 0 bridgehead atoms. The number of rotatable bonds is 5. The molecule has 1 amide bonds. The van der Waals surface area contributed by atoms with Gasteiger partial charge in [0.1, 0.15) is 11.5 Å². The van der Waals surface area contributed by atoms with Crippen LogP contribution < -0.4 is 10.6 Å². The second-order valence-corrected chi connectivity index (χ2v) is 4.75. The highest BCUT2D eigenvalue weighted by Gasteiger charge is 2.13. The summed E-state index contributed by atoms with van der Waals surface area (Å²) in [6.07, 6.45) is 6.21. The fraction of sp³-hybridized carbons (Fsp3) is 0.133. The number of hydrogen-bond acceptors (Lipinski definition) is 6. The van der Waals surface area contributed by atoms with Crippen LogP contribution in [0.15, 0.2) is 43.0 Å². The molecule has 0 aliphatic heterocycles. The van der Waals surface area contributed by atoms with Crippen LogP contribution in [0.5, 0.6) is 0 Å².